The molecule has 3 rings (SSSR count). The van der Waals surface area contributed by atoms with Gasteiger partial charge < -0.3 is 0 Å². The van der Waals surface area contributed by atoms with Gasteiger partial charge in [0.2, 0.25) is 0 Å². The molecule has 1 saturated carbocycles. The van der Waals surface area contributed by atoms with E-state index in [4.69, 9.17) is 0 Å². The van der Waals surface area contributed by atoms with Crippen LogP contribution < -0.4 is 0 Å². The summed E-state index contributed by atoms with van der Waals surface area (Å²) in [6, 6.07) is 10.6. The predicted molar refractivity (Wildman–Crippen MR) is 70.4 cm³/mol. The maximum atomic E-state index is 3.84. The Morgan fingerprint density at radius 1 is 1.00 bits per heavy atom. The number of hydrogen-bond donors (Lipinski definition) is 0. The largest absolute Gasteiger partial charge is 0.0877 e. The number of rotatable bonds is 1. The van der Waals surface area contributed by atoms with Gasteiger partial charge in [-0.1, -0.05) is 70.6 Å². The zero-order chi connectivity index (χ0) is 11.0. The summed E-state index contributed by atoms with van der Waals surface area (Å²) in [6.45, 7) is 0. The first-order chi connectivity index (χ1) is 7.86. The Labute approximate surface area is 105 Å². The van der Waals surface area contributed by atoms with Gasteiger partial charge in [-0.25, -0.2) is 0 Å². The first-order valence-electron chi connectivity index (χ1n) is 5.66. The van der Waals surface area contributed by atoms with Crippen molar-refractivity contribution in [1.82, 2.24) is 0 Å². The molecule has 0 heterocycles. The van der Waals surface area contributed by atoms with Crippen molar-refractivity contribution in [1.29, 1.82) is 0 Å². The Bertz CT molecular complexity index is 418. The zero-order valence-corrected chi connectivity index (χ0v) is 10.5. The monoisotopic (exact) mass is 272 g/mol. The lowest BCUT2D eigenvalue weighted by Crippen LogP contribution is -2.14. The van der Waals surface area contributed by atoms with Gasteiger partial charge in [0, 0.05) is 17.2 Å². The van der Waals surface area contributed by atoms with Gasteiger partial charge in [-0.3, -0.25) is 0 Å². The summed E-state index contributed by atoms with van der Waals surface area (Å²) in [4.78, 5) is 0.473. The second-order valence-corrected chi connectivity index (χ2v) is 5.43. The van der Waals surface area contributed by atoms with E-state index >= 15 is 0 Å². The van der Waals surface area contributed by atoms with Crippen molar-refractivity contribution in [2.45, 2.75) is 10.7 Å². The molecule has 0 spiro atoms. The van der Waals surface area contributed by atoms with Crippen molar-refractivity contribution < 1.29 is 0 Å². The minimum absolute atomic E-state index is 0.406. The molecule has 0 bridgehead atoms. The highest BCUT2D eigenvalue weighted by atomic mass is 79.9. The molecule has 2 aliphatic carbocycles. The van der Waals surface area contributed by atoms with E-state index in [1.807, 2.05) is 0 Å². The average Bonchev–Trinajstić information content (AvgIpc) is 2.69. The molecule has 80 valence electrons. The lowest BCUT2D eigenvalue weighted by atomic mass is 9.92. The minimum atomic E-state index is 0.406. The number of halogens is 1. The molecule has 1 heteroatoms. The fourth-order valence-electron chi connectivity index (χ4n) is 2.56. The summed E-state index contributed by atoms with van der Waals surface area (Å²) >= 11 is 3.84. The van der Waals surface area contributed by atoms with E-state index in [2.05, 4.69) is 77.0 Å². The zero-order valence-electron chi connectivity index (χ0n) is 8.88. The molecule has 4 unspecified atom stereocenters. The third kappa shape index (κ3) is 1.67. The van der Waals surface area contributed by atoms with Crippen LogP contribution in [0.5, 0.6) is 0 Å². The molecule has 2 aliphatic rings. The molecular weight excluding hydrogens is 260 g/mol. The number of fused-ring (bicyclic) bond motifs is 1. The van der Waals surface area contributed by atoms with Crippen LogP contribution in [0.25, 0.3) is 0 Å². The Hall–Kier alpha value is -0.820. The maximum absolute atomic E-state index is 3.84. The van der Waals surface area contributed by atoms with E-state index in [0.29, 0.717) is 22.6 Å². The highest BCUT2D eigenvalue weighted by molar-refractivity contribution is 9.09. The first-order valence-corrected chi connectivity index (χ1v) is 6.58. The highest BCUT2D eigenvalue weighted by Crippen LogP contribution is 2.47. The smallest absolute Gasteiger partial charge is 0.0289 e. The number of benzene rings is 1. The second-order valence-electron chi connectivity index (χ2n) is 4.37. The van der Waals surface area contributed by atoms with Gasteiger partial charge in [-0.2, -0.15) is 0 Å². The van der Waals surface area contributed by atoms with Gasteiger partial charge in [-0.15, -0.1) is 0 Å². The highest BCUT2D eigenvalue weighted by Gasteiger charge is 2.40. The average molecular weight is 273 g/mol. The van der Waals surface area contributed by atoms with Crippen molar-refractivity contribution in [3.05, 3.63) is 66.6 Å². The van der Waals surface area contributed by atoms with Crippen molar-refractivity contribution >= 4 is 15.9 Å². The summed E-state index contributed by atoms with van der Waals surface area (Å²) in [5, 5.41) is 0. The summed E-state index contributed by atoms with van der Waals surface area (Å²) in [6.07, 6.45) is 12.5. The summed E-state index contributed by atoms with van der Waals surface area (Å²) in [5.41, 5.74) is 1.36. The van der Waals surface area contributed by atoms with Crippen molar-refractivity contribution in [3.8, 4) is 0 Å². The Kier molecular flexibility index (Phi) is 2.72. The molecule has 1 aromatic carbocycles. The molecule has 4 atom stereocenters. The van der Waals surface area contributed by atoms with Crippen LogP contribution in [-0.2, 0) is 0 Å². The summed E-state index contributed by atoms with van der Waals surface area (Å²) in [5.74, 6) is 1.44. The summed E-state index contributed by atoms with van der Waals surface area (Å²) in [7, 11) is 0. The topological polar surface area (TPSA) is 0 Å². The maximum Gasteiger partial charge on any atom is 0.0289 e. The van der Waals surface area contributed by atoms with E-state index in [0.717, 1.165) is 0 Å². The van der Waals surface area contributed by atoms with Crippen molar-refractivity contribution in [2.24, 2.45) is 11.8 Å². The molecule has 1 aromatic rings. The third-order valence-corrected chi connectivity index (χ3v) is 4.53. The predicted octanol–water partition coefficient (Wildman–Crippen LogP) is 3.99. The van der Waals surface area contributed by atoms with Crippen LogP contribution in [0.3, 0.4) is 0 Å². The van der Waals surface area contributed by atoms with E-state index in [-0.39, 0.29) is 0 Å². The molecule has 1 fully saturated rings. The third-order valence-electron chi connectivity index (χ3n) is 3.39. The molecule has 16 heavy (non-hydrogen) atoms. The van der Waals surface area contributed by atoms with E-state index < -0.39 is 0 Å². The normalized spacial score (nSPS) is 36.3. The van der Waals surface area contributed by atoms with Crippen molar-refractivity contribution in [3.63, 3.8) is 0 Å². The molecular formula is C15H13Br. The quantitative estimate of drug-likeness (QED) is 0.679. The van der Waals surface area contributed by atoms with E-state index in [1.54, 1.807) is 0 Å². The number of hydrogen-bond acceptors (Lipinski definition) is 0. The first kappa shape index (κ1) is 10.3. The lowest BCUT2D eigenvalue weighted by molar-refractivity contribution is 0.598. The SMILES string of the molecule is BrC1C(c2ccccc2)[C]C2C=CC=CC21. The number of alkyl halides is 1. The molecule has 2 radical (unpaired) electrons. The van der Waals surface area contributed by atoms with Crippen LogP contribution in [-0.4, -0.2) is 4.83 Å². The molecule has 0 amide bonds. The second kappa shape index (κ2) is 4.21. The Morgan fingerprint density at radius 3 is 2.50 bits per heavy atom. The van der Waals surface area contributed by atoms with Crippen LogP contribution in [0, 0.1) is 18.3 Å². The fourth-order valence-corrected chi connectivity index (χ4v) is 3.52. The van der Waals surface area contributed by atoms with Gasteiger partial charge in [0.15, 0.2) is 0 Å². The van der Waals surface area contributed by atoms with Crippen LogP contribution in [0.15, 0.2) is 54.6 Å². The van der Waals surface area contributed by atoms with Crippen molar-refractivity contribution in [2.75, 3.05) is 0 Å². The van der Waals surface area contributed by atoms with E-state index in [1.165, 1.54) is 5.56 Å². The molecule has 0 N–H and O–H groups in total. The van der Waals surface area contributed by atoms with Crippen LogP contribution in [0.2, 0.25) is 0 Å². The minimum Gasteiger partial charge on any atom is -0.0877 e. The van der Waals surface area contributed by atoms with Gasteiger partial charge in [0.25, 0.3) is 0 Å². The van der Waals surface area contributed by atoms with Crippen LogP contribution in [0.1, 0.15) is 11.5 Å². The van der Waals surface area contributed by atoms with Gasteiger partial charge in [0.1, 0.15) is 0 Å². The molecule has 0 nitrogen and oxygen atoms in total. The Morgan fingerprint density at radius 2 is 1.75 bits per heavy atom. The molecule has 0 saturated heterocycles. The molecule has 0 aliphatic heterocycles. The molecule has 0 aromatic heterocycles. The van der Waals surface area contributed by atoms with Gasteiger partial charge in [0.05, 0.1) is 0 Å². The number of allylic oxidation sites excluding steroid dienone is 4. The fraction of sp³-hybridized carbons (Fsp3) is 0.267. The van der Waals surface area contributed by atoms with Gasteiger partial charge in [-0.05, 0) is 17.4 Å². The van der Waals surface area contributed by atoms with Crippen LogP contribution in [0.4, 0.5) is 0 Å². The van der Waals surface area contributed by atoms with E-state index in [9.17, 15) is 0 Å². The Balaban J connectivity index is 1.89. The standard InChI is InChI=1S/C15H13Br/c16-15-13-9-5-4-8-12(13)10-14(15)11-6-2-1-3-7-11/h1-9,12-15H. The van der Waals surface area contributed by atoms with Gasteiger partial charge >= 0.3 is 0 Å². The van der Waals surface area contributed by atoms with Crippen LogP contribution >= 0.6 is 15.9 Å². The lowest BCUT2D eigenvalue weighted by Gasteiger charge is -2.19. The summed E-state index contributed by atoms with van der Waals surface area (Å²) < 4.78 is 0.